The van der Waals surface area contributed by atoms with Crippen molar-refractivity contribution in [3.05, 3.63) is 12.7 Å². The van der Waals surface area contributed by atoms with E-state index in [9.17, 15) is 0 Å². The van der Waals surface area contributed by atoms with E-state index in [1.807, 2.05) is 0 Å². The highest BCUT2D eigenvalue weighted by atomic mass is 14.7. The van der Waals surface area contributed by atoms with Gasteiger partial charge < -0.3 is 5.41 Å². The molecule has 0 amide bonds. The molecular weight excluding hydrogens is 112 g/mol. The maximum Gasteiger partial charge on any atom is 0.0336 e. The molecule has 0 atom stereocenters. The smallest absolute Gasteiger partial charge is 0.0336 e. The zero-order valence-electron chi connectivity index (χ0n) is 6.15. The molecule has 0 aromatic carbocycles. The molecule has 0 aliphatic rings. The summed E-state index contributed by atoms with van der Waals surface area (Å²) in [6.07, 6.45) is 2.76. The molecule has 2 nitrogen and oxygen atoms in total. The molecule has 0 radical (unpaired) electrons. The molecule has 2 heteroatoms. The molecule has 0 bridgehead atoms. The summed E-state index contributed by atoms with van der Waals surface area (Å²) in [5.41, 5.74) is 1.07. The molecule has 0 saturated heterocycles. The predicted molar refractivity (Wildman–Crippen MR) is 43.7 cm³/mol. The lowest BCUT2D eigenvalue weighted by atomic mass is 10.3. The molecule has 9 heavy (non-hydrogen) atoms. The number of hydrogen-bond acceptors (Lipinski definition) is 2. The Morgan fingerprint density at radius 3 is 2.11 bits per heavy atom. The lowest BCUT2D eigenvalue weighted by Gasteiger charge is -1.87. The third-order valence-electron chi connectivity index (χ3n) is 0.885. The van der Waals surface area contributed by atoms with Crippen molar-refractivity contribution in [1.29, 1.82) is 5.41 Å². The van der Waals surface area contributed by atoms with E-state index in [-0.39, 0.29) is 0 Å². The summed E-state index contributed by atoms with van der Waals surface area (Å²) in [4.78, 5) is 3.92. The van der Waals surface area contributed by atoms with E-state index >= 15 is 0 Å². The molecule has 0 unspecified atom stereocenters. The van der Waals surface area contributed by atoms with Crippen molar-refractivity contribution in [3.8, 4) is 0 Å². The van der Waals surface area contributed by atoms with Gasteiger partial charge in [0.05, 0.1) is 0 Å². The summed E-state index contributed by atoms with van der Waals surface area (Å²) >= 11 is 0. The molecule has 0 aliphatic heterocycles. The molecule has 0 heterocycles. The summed E-state index contributed by atoms with van der Waals surface area (Å²) < 4.78 is 0. The number of allylic oxidation sites excluding steroid dienone is 1. The van der Waals surface area contributed by atoms with Gasteiger partial charge in [0.25, 0.3) is 0 Å². The van der Waals surface area contributed by atoms with Crippen LogP contribution in [0, 0.1) is 5.41 Å². The Bertz CT molecular complexity index is 95.1. The van der Waals surface area contributed by atoms with Crippen molar-refractivity contribution >= 4 is 12.4 Å². The van der Waals surface area contributed by atoms with E-state index in [4.69, 9.17) is 5.41 Å². The monoisotopic (exact) mass is 126 g/mol. The first-order valence-electron chi connectivity index (χ1n) is 2.78. The average molecular weight is 126 g/mol. The van der Waals surface area contributed by atoms with Gasteiger partial charge in [-0.2, -0.15) is 0 Å². The van der Waals surface area contributed by atoms with Gasteiger partial charge in [-0.05, 0) is 19.2 Å². The Morgan fingerprint density at radius 1 is 1.67 bits per heavy atom. The zero-order valence-corrected chi connectivity index (χ0v) is 6.15. The van der Waals surface area contributed by atoms with Gasteiger partial charge in [-0.15, -0.1) is 0 Å². The number of nitrogens with one attached hydrogen (secondary N) is 1. The van der Waals surface area contributed by atoms with Crippen LogP contribution in [0.2, 0.25) is 0 Å². The molecule has 0 spiro atoms. The summed E-state index contributed by atoms with van der Waals surface area (Å²) in [6, 6.07) is 0. The van der Waals surface area contributed by atoms with Crippen molar-refractivity contribution in [2.75, 3.05) is 7.05 Å². The Kier molecular flexibility index (Phi) is 12.3. The SMILES string of the molecule is C=CC(CC)=NC.C=N. The van der Waals surface area contributed by atoms with Gasteiger partial charge in [-0.25, -0.2) is 0 Å². The van der Waals surface area contributed by atoms with Gasteiger partial charge in [0.1, 0.15) is 0 Å². The van der Waals surface area contributed by atoms with Gasteiger partial charge in [-0.1, -0.05) is 13.5 Å². The minimum absolute atomic E-state index is 0.986. The van der Waals surface area contributed by atoms with Crippen molar-refractivity contribution in [2.45, 2.75) is 13.3 Å². The van der Waals surface area contributed by atoms with Crippen molar-refractivity contribution in [2.24, 2.45) is 4.99 Å². The van der Waals surface area contributed by atoms with Gasteiger partial charge in [0.15, 0.2) is 0 Å². The van der Waals surface area contributed by atoms with Gasteiger partial charge in [0, 0.05) is 12.8 Å². The fraction of sp³-hybridized carbons (Fsp3) is 0.429. The summed E-state index contributed by atoms with van der Waals surface area (Å²) in [7, 11) is 1.78. The molecule has 1 N–H and O–H groups in total. The maximum atomic E-state index is 5.50. The first-order chi connectivity index (χ1) is 4.35. The lowest BCUT2D eigenvalue weighted by molar-refractivity contribution is 1.26. The second kappa shape index (κ2) is 10.1. The highest BCUT2D eigenvalue weighted by Gasteiger charge is 1.79. The number of aliphatic imine (C=N–C) groups is 1. The minimum atomic E-state index is 0.986. The average Bonchev–Trinajstić information content (AvgIpc) is 1.96. The fourth-order valence-corrected chi connectivity index (χ4v) is 0.394. The number of nitrogens with zero attached hydrogens (tertiary/aromatic N) is 1. The Morgan fingerprint density at radius 2 is 2.11 bits per heavy atom. The van der Waals surface area contributed by atoms with E-state index in [1.54, 1.807) is 13.1 Å². The van der Waals surface area contributed by atoms with Crippen LogP contribution >= 0.6 is 0 Å². The molecule has 0 fully saturated rings. The Hall–Kier alpha value is -0.920. The van der Waals surface area contributed by atoms with E-state index in [0.717, 1.165) is 12.1 Å². The van der Waals surface area contributed by atoms with Crippen LogP contribution in [-0.2, 0) is 0 Å². The highest BCUT2D eigenvalue weighted by molar-refractivity contribution is 5.94. The molecule has 0 aromatic heterocycles. The van der Waals surface area contributed by atoms with E-state index in [0.29, 0.717) is 0 Å². The molecule has 0 saturated carbocycles. The number of hydrogen-bond donors (Lipinski definition) is 1. The summed E-state index contributed by atoms with van der Waals surface area (Å²) in [6.45, 7) is 8.13. The topological polar surface area (TPSA) is 36.2 Å². The van der Waals surface area contributed by atoms with Crippen LogP contribution < -0.4 is 0 Å². The maximum absolute atomic E-state index is 5.50. The molecule has 52 valence electrons. The Labute approximate surface area is 56.8 Å². The first-order valence-corrected chi connectivity index (χ1v) is 2.78. The first kappa shape index (κ1) is 11.0. The van der Waals surface area contributed by atoms with Crippen LogP contribution in [0.4, 0.5) is 0 Å². The zero-order chi connectivity index (χ0) is 7.70. The normalized spacial score (nSPS) is 9.33. The highest BCUT2D eigenvalue weighted by Crippen LogP contribution is 1.82. The summed E-state index contributed by atoms with van der Waals surface area (Å²) in [5, 5.41) is 5.50. The van der Waals surface area contributed by atoms with Crippen LogP contribution in [0.3, 0.4) is 0 Å². The van der Waals surface area contributed by atoms with Crippen LogP contribution in [0.15, 0.2) is 17.6 Å². The van der Waals surface area contributed by atoms with Crippen LogP contribution in [0.1, 0.15) is 13.3 Å². The largest absolute Gasteiger partial charge is 0.317 e. The van der Waals surface area contributed by atoms with E-state index in [1.165, 1.54) is 0 Å². The second-order valence-electron chi connectivity index (χ2n) is 1.27. The predicted octanol–water partition coefficient (Wildman–Crippen LogP) is 1.92. The number of rotatable bonds is 2. The van der Waals surface area contributed by atoms with Crippen molar-refractivity contribution < 1.29 is 0 Å². The quantitative estimate of drug-likeness (QED) is 0.549. The third kappa shape index (κ3) is 7.08. The minimum Gasteiger partial charge on any atom is -0.317 e. The van der Waals surface area contributed by atoms with Crippen LogP contribution in [0.25, 0.3) is 0 Å². The van der Waals surface area contributed by atoms with Gasteiger partial charge in [0.2, 0.25) is 0 Å². The summed E-state index contributed by atoms with van der Waals surface area (Å²) in [5.74, 6) is 0. The molecule has 0 aliphatic carbocycles. The van der Waals surface area contributed by atoms with Gasteiger partial charge in [-0.3, -0.25) is 4.99 Å². The standard InChI is InChI=1S/C6H11N.CH3N/c1-4-6(5-2)7-3;1-2/h4H,1,5H2,2-3H3;2H,1H2. The van der Waals surface area contributed by atoms with E-state index in [2.05, 4.69) is 25.2 Å². The van der Waals surface area contributed by atoms with Crippen molar-refractivity contribution in [3.63, 3.8) is 0 Å². The second-order valence-corrected chi connectivity index (χ2v) is 1.27. The van der Waals surface area contributed by atoms with Crippen LogP contribution in [-0.4, -0.2) is 19.5 Å². The fourth-order valence-electron chi connectivity index (χ4n) is 0.394. The van der Waals surface area contributed by atoms with Gasteiger partial charge >= 0.3 is 0 Å². The van der Waals surface area contributed by atoms with Crippen LogP contribution in [0.5, 0.6) is 0 Å². The van der Waals surface area contributed by atoms with E-state index < -0.39 is 0 Å². The lowest BCUT2D eigenvalue weighted by Crippen LogP contribution is -1.86. The van der Waals surface area contributed by atoms with Crippen molar-refractivity contribution in [1.82, 2.24) is 0 Å². The molecule has 0 aromatic rings. The third-order valence-corrected chi connectivity index (χ3v) is 0.885. The Balaban J connectivity index is 0. The molecule has 0 rings (SSSR count). The molecular formula is C7H14N2.